The predicted octanol–water partition coefficient (Wildman–Crippen LogP) is 3.80. The molecule has 8 heteroatoms. The fourth-order valence-corrected chi connectivity index (χ4v) is 3.70. The Bertz CT molecular complexity index is 974. The molecule has 0 radical (unpaired) electrons. The zero-order valence-electron chi connectivity index (χ0n) is 17.0. The smallest absolute Gasteiger partial charge is 0.262 e. The Hall–Kier alpha value is -3.00. The van der Waals surface area contributed by atoms with Crippen molar-refractivity contribution in [2.24, 2.45) is 5.41 Å². The summed E-state index contributed by atoms with van der Waals surface area (Å²) in [6, 6.07) is 11.3. The van der Waals surface area contributed by atoms with Crippen LogP contribution < -0.4 is 10.6 Å². The lowest BCUT2D eigenvalue weighted by Crippen LogP contribution is -2.31. The summed E-state index contributed by atoms with van der Waals surface area (Å²) in [5, 5.41) is 10.8. The molecule has 3 rings (SSSR count). The summed E-state index contributed by atoms with van der Waals surface area (Å²) in [6.07, 6.45) is 3.09. The maximum atomic E-state index is 13.0. The largest absolute Gasteiger partial charge is 0.343 e. The van der Waals surface area contributed by atoms with Crippen LogP contribution in [0.4, 0.5) is 5.00 Å². The first kappa shape index (κ1) is 20.7. The molecular weight excluding hydrogens is 386 g/mol. The zero-order valence-corrected chi connectivity index (χ0v) is 17.8. The third-order valence-corrected chi connectivity index (χ3v) is 5.54. The Morgan fingerprint density at radius 1 is 1.21 bits per heavy atom. The Kier molecular flexibility index (Phi) is 6.12. The summed E-state index contributed by atoms with van der Waals surface area (Å²) < 4.78 is 1.69. The van der Waals surface area contributed by atoms with Gasteiger partial charge in [0.25, 0.3) is 5.91 Å². The van der Waals surface area contributed by atoms with Gasteiger partial charge in [-0.25, -0.2) is 4.98 Å². The number of aromatic nitrogens is 3. The second-order valence-corrected chi connectivity index (χ2v) is 8.93. The van der Waals surface area contributed by atoms with Gasteiger partial charge in [-0.1, -0.05) is 51.1 Å². The van der Waals surface area contributed by atoms with Gasteiger partial charge in [-0.05, 0) is 24.1 Å². The van der Waals surface area contributed by atoms with Gasteiger partial charge in [0.1, 0.15) is 12.7 Å². The maximum absolute atomic E-state index is 13.0. The number of carbonyl (C=O) groups is 2. The predicted molar refractivity (Wildman–Crippen MR) is 114 cm³/mol. The Balaban J connectivity index is 1.78. The number of hydrogen-bond acceptors (Lipinski definition) is 5. The molecule has 7 nitrogen and oxygen atoms in total. The Labute approximate surface area is 174 Å². The van der Waals surface area contributed by atoms with Crippen LogP contribution in [0.25, 0.3) is 0 Å². The average Bonchev–Trinajstić information content (AvgIpc) is 3.30. The highest BCUT2D eigenvalue weighted by atomic mass is 32.1. The molecule has 2 N–H and O–H groups in total. The molecule has 0 spiro atoms. The first-order chi connectivity index (χ1) is 13.7. The summed E-state index contributed by atoms with van der Waals surface area (Å²) in [5.74, 6) is -0.267. The highest BCUT2D eigenvalue weighted by Gasteiger charge is 2.24. The topological polar surface area (TPSA) is 88.9 Å². The van der Waals surface area contributed by atoms with Crippen LogP contribution in [0.1, 0.15) is 47.6 Å². The summed E-state index contributed by atoms with van der Waals surface area (Å²) in [7, 11) is 0. The number of hydrogen-bond donors (Lipinski definition) is 2. The van der Waals surface area contributed by atoms with Crippen molar-refractivity contribution in [3.63, 3.8) is 0 Å². The van der Waals surface area contributed by atoms with E-state index >= 15 is 0 Å². The van der Waals surface area contributed by atoms with Crippen LogP contribution in [0, 0.1) is 12.3 Å². The van der Waals surface area contributed by atoms with Crippen LogP contribution in [0.3, 0.4) is 0 Å². The van der Waals surface area contributed by atoms with E-state index in [4.69, 9.17) is 0 Å². The number of benzene rings is 1. The molecule has 3 aromatic rings. The van der Waals surface area contributed by atoms with Gasteiger partial charge in [0.15, 0.2) is 0 Å². The lowest BCUT2D eigenvalue weighted by Gasteiger charge is -2.19. The maximum Gasteiger partial charge on any atom is 0.262 e. The van der Waals surface area contributed by atoms with E-state index in [0.717, 1.165) is 11.1 Å². The van der Waals surface area contributed by atoms with Gasteiger partial charge in [0, 0.05) is 5.41 Å². The van der Waals surface area contributed by atoms with Crippen molar-refractivity contribution >= 4 is 28.2 Å². The third-order valence-electron chi connectivity index (χ3n) is 4.39. The molecule has 0 bridgehead atoms. The Morgan fingerprint density at radius 3 is 2.55 bits per heavy atom. The molecule has 29 heavy (non-hydrogen) atoms. The minimum Gasteiger partial charge on any atom is -0.343 e. The molecule has 0 aliphatic carbocycles. The molecule has 1 unspecified atom stereocenters. The molecule has 152 valence electrons. The molecule has 2 amide bonds. The van der Waals surface area contributed by atoms with E-state index in [2.05, 4.69) is 20.7 Å². The van der Waals surface area contributed by atoms with E-state index in [-0.39, 0.29) is 17.9 Å². The molecule has 1 atom stereocenters. The number of anilines is 1. The fraction of sp³-hybridized carbons (Fsp3) is 0.333. The first-order valence-electron chi connectivity index (χ1n) is 9.34. The van der Waals surface area contributed by atoms with Crippen LogP contribution in [0.2, 0.25) is 0 Å². The van der Waals surface area contributed by atoms with Crippen LogP contribution >= 0.6 is 11.3 Å². The quantitative estimate of drug-likeness (QED) is 0.646. The van der Waals surface area contributed by atoms with E-state index in [1.165, 1.54) is 17.7 Å². The molecule has 2 heterocycles. The highest BCUT2D eigenvalue weighted by Crippen LogP contribution is 2.29. The number of carbonyl (C=O) groups excluding carboxylic acids is 2. The van der Waals surface area contributed by atoms with E-state index in [1.807, 2.05) is 64.1 Å². The summed E-state index contributed by atoms with van der Waals surface area (Å²) >= 11 is 1.28. The van der Waals surface area contributed by atoms with E-state index in [1.54, 1.807) is 11.0 Å². The van der Waals surface area contributed by atoms with Crippen molar-refractivity contribution in [1.82, 2.24) is 20.1 Å². The average molecular weight is 412 g/mol. The van der Waals surface area contributed by atoms with Crippen molar-refractivity contribution in [3.8, 4) is 0 Å². The van der Waals surface area contributed by atoms with Crippen LogP contribution in [0.15, 0.2) is 49.1 Å². The van der Waals surface area contributed by atoms with Gasteiger partial charge < -0.3 is 10.6 Å². The van der Waals surface area contributed by atoms with Crippen molar-refractivity contribution in [2.75, 3.05) is 5.32 Å². The van der Waals surface area contributed by atoms with Crippen molar-refractivity contribution in [3.05, 3.63) is 65.1 Å². The minimum absolute atomic E-state index is 0.0842. The standard InChI is InChI=1S/C21H25N5O2S/c1-14-10-17(25-20(28)21(2,3)4)29-18(14)19(27)24-16(11-26-13-22-12-23-26)15-8-6-5-7-9-15/h5-10,12-13,16H,11H2,1-4H3,(H,24,27)(H,25,28). The molecule has 1 aromatic carbocycles. The van der Waals surface area contributed by atoms with Crippen LogP contribution in [0.5, 0.6) is 0 Å². The molecule has 0 fully saturated rings. The molecule has 0 saturated heterocycles. The monoisotopic (exact) mass is 411 g/mol. The normalized spacial score (nSPS) is 12.4. The van der Waals surface area contributed by atoms with Gasteiger partial charge in [-0.3, -0.25) is 14.3 Å². The number of amides is 2. The van der Waals surface area contributed by atoms with E-state index in [9.17, 15) is 9.59 Å². The first-order valence-corrected chi connectivity index (χ1v) is 10.2. The van der Waals surface area contributed by atoms with Crippen LogP contribution in [-0.2, 0) is 11.3 Å². The molecular formula is C21H25N5O2S. The number of nitrogens with one attached hydrogen (secondary N) is 2. The number of nitrogens with zero attached hydrogens (tertiary/aromatic N) is 3. The third kappa shape index (κ3) is 5.29. The number of rotatable bonds is 6. The van der Waals surface area contributed by atoms with Gasteiger partial charge >= 0.3 is 0 Å². The minimum atomic E-state index is -0.503. The van der Waals surface area contributed by atoms with Crippen molar-refractivity contribution in [1.29, 1.82) is 0 Å². The summed E-state index contributed by atoms with van der Waals surface area (Å²) in [6.45, 7) is 7.89. The van der Waals surface area contributed by atoms with Gasteiger partial charge in [0.05, 0.1) is 22.5 Å². The number of aryl methyl sites for hydroxylation is 1. The van der Waals surface area contributed by atoms with Crippen molar-refractivity contribution < 1.29 is 9.59 Å². The summed E-state index contributed by atoms with van der Waals surface area (Å²) in [5.41, 5.74) is 1.30. The second kappa shape index (κ2) is 8.57. The highest BCUT2D eigenvalue weighted by molar-refractivity contribution is 7.18. The van der Waals surface area contributed by atoms with Gasteiger partial charge in [-0.2, -0.15) is 5.10 Å². The second-order valence-electron chi connectivity index (χ2n) is 7.88. The fourth-order valence-electron chi connectivity index (χ4n) is 2.73. The van der Waals surface area contributed by atoms with Crippen molar-refractivity contribution in [2.45, 2.75) is 40.3 Å². The van der Waals surface area contributed by atoms with Gasteiger partial charge in [0.2, 0.25) is 5.91 Å². The summed E-state index contributed by atoms with van der Waals surface area (Å²) in [4.78, 5) is 29.8. The van der Waals surface area contributed by atoms with E-state index in [0.29, 0.717) is 16.4 Å². The lowest BCUT2D eigenvalue weighted by atomic mass is 9.96. The zero-order chi connectivity index (χ0) is 21.0. The number of thiophene rings is 1. The SMILES string of the molecule is Cc1cc(NC(=O)C(C)(C)C)sc1C(=O)NC(Cn1cncn1)c1ccccc1. The van der Waals surface area contributed by atoms with Crippen LogP contribution in [-0.4, -0.2) is 26.6 Å². The molecule has 0 aliphatic rings. The molecule has 0 saturated carbocycles. The van der Waals surface area contributed by atoms with Gasteiger partial charge in [-0.15, -0.1) is 11.3 Å². The lowest BCUT2D eigenvalue weighted by molar-refractivity contribution is -0.123. The van der Waals surface area contributed by atoms with E-state index < -0.39 is 5.41 Å². The molecule has 0 aliphatic heterocycles. The Morgan fingerprint density at radius 2 is 1.93 bits per heavy atom. The molecule has 2 aromatic heterocycles.